The first kappa shape index (κ1) is 10.5. The molecule has 2 aromatic rings. The van der Waals surface area contributed by atoms with Crippen molar-refractivity contribution in [3.8, 4) is 0 Å². The first-order valence-corrected chi connectivity index (χ1v) is 5.25. The molecule has 4 heteroatoms. The van der Waals surface area contributed by atoms with Crippen LogP contribution in [0.5, 0.6) is 0 Å². The van der Waals surface area contributed by atoms with Crippen LogP contribution in [0.15, 0.2) is 41.6 Å². The van der Waals surface area contributed by atoms with Crippen molar-refractivity contribution >= 4 is 0 Å². The maximum absolute atomic E-state index is 11.9. The Morgan fingerprint density at radius 3 is 2.81 bits per heavy atom. The van der Waals surface area contributed by atoms with Gasteiger partial charge in [0.2, 0.25) is 0 Å². The first-order chi connectivity index (χ1) is 7.81. The van der Waals surface area contributed by atoms with Gasteiger partial charge in [0.05, 0.1) is 12.2 Å². The van der Waals surface area contributed by atoms with E-state index in [0.29, 0.717) is 18.7 Å². The predicted molar refractivity (Wildman–Crippen MR) is 61.2 cm³/mol. The second kappa shape index (κ2) is 4.70. The minimum atomic E-state index is -0.0318. The third-order valence-electron chi connectivity index (χ3n) is 2.38. The van der Waals surface area contributed by atoms with Crippen molar-refractivity contribution in [2.24, 2.45) is 0 Å². The summed E-state index contributed by atoms with van der Waals surface area (Å²) in [5.41, 5.74) is 1.44. The van der Waals surface area contributed by atoms with Crippen LogP contribution >= 0.6 is 0 Å². The number of aryl methyl sites for hydroxylation is 1. The molecule has 2 aromatic heterocycles. The Morgan fingerprint density at radius 1 is 1.25 bits per heavy atom. The van der Waals surface area contributed by atoms with Gasteiger partial charge in [0, 0.05) is 18.6 Å². The molecule has 0 bridgehead atoms. The topological polar surface area (TPSA) is 47.8 Å². The molecule has 0 saturated heterocycles. The summed E-state index contributed by atoms with van der Waals surface area (Å²) < 4.78 is 1.63. The normalized spacial score (nSPS) is 10.3. The molecular formula is C12H13N3O. The number of hydrogen-bond acceptors (Lipinski definition) is 3. The van der Waals surface area contributed by atoms with Gasteiger partial charge in [0.15, 0.2) is 0 Å². The van der Waals surface area contributed by atoms with Crippen LogP contribution in [0.1, 0.15) is 18.3 Å². The fourth-order valence-electron chi connectivity index (χ4n) is 1.53. The van der Waals surface area contributed by atoms with Gasteiger partial charge in [-0.15, -0.1) is 0 Å². The van der Waals surface area contributed by atoms with E-state index in [-0.39, 0.29) is 5.56 Å². The van der Waals surface area contributed by atoms with Crippen molar-refractivity contribution in [2.45, 2.75) is 19.9 Å². The Bertz CT molecular complexity index is 519. The molecule has 0 aliphatic rings. The van der Waals surface area contributed by atoms with Crippen molar-refractivity contribution in [3.63, 3.8) is 0 Å². The molecule has 0 amide bonds. The smallest absolute Gasteiger partial charge is 0.272 e. The monoisotopic (exact) mass is 215 g/mol. The number of rotatable bonds is 3. The number of aromatic nitrogens is 3. The van der Waals surface area contributed by atoms with E-state index >= 15 is 0 Å². The fourth-order valence-corrected chi connectivity index (χ4v) is 1.53. The van der Waals surface area contributed by atoms with E-state index in [9.17, 15) is 4.79 Å². The summed E-state index contributed by atoms with van der Waals surface area (Å²) in [7, 11) is 0. The number of pyridine rings is 1. The summed E-state index contributed by atoms with van der Waals surface area (Å²) in [6.07, 6.45) is 5.73. The van der Waals surface area contributed by atoms with Crippen LogP contribution in [0.3, 0.4) is 0 Å². The lowest BCUT2D eigenvalue weighted by molar-refractivity contribution is 0.712. The fraction of sp³-hybridized carbons (Fsp3) is 0.250. The molecule has 16 heavy (non-hydrogen) atoms. The molecule has 0 fully saturated rings. The quantitative estimate of drug-likeness (QED) is 0.774. The van der Waals surface area contributed by atoms with Crippen molar-refractivity contribution in [1.82, 2.24) is 14.5 Å². The summed E-state index contributed by atoms with van der Waals surface area (Å²) in [6, 6.07) is 5.67. The standard InChI is InChI=1S/C12H13N3O/c1-2-11-12(16)15(8-7-14-11)9-10-5-3-4-6-13-10/h3-8H,2,9H2,1H3. The molecule has 2 rings (SSSR count). The van der Waals surface area contributed by atoms with E-state index in [1.54, 1.807) is 23.2 Å². The van der Waals surface area contributed by atoms with E-state index in [1.807, 2.05) is 25.1 Å². The van der Waals surface area contributed by atoms with Gasteiger partial charge < -0.3 is 4.57 Å². The van der Waals surface area contributed by atoms with E-state index in [4.69, 9.17) is 0 Å². The molecular weight excluding hydrogens is 202 g/mol. The van der Waals surface area contributed by atoms with Crippen LogP contribution < -0.4 is 5.56 Å². The zero-order chi connectivity index (χ0) is 11.4. The third-order valence-corrected chi connectivity index (χ3v) is 2.38. The summed E-state index contributed by atoms with van der Waals surface area (Å²) in [5, 5.41) is 0. The summed E-state index contributed by atoms with van der Waals surface area (Å²) in [5.74, 6) is 0. The van der Waals surface area contributed by atoms with Crippen molar-refractivity contribution < 1.29 is 0 Å². The molecule has 4 nitrogen and oxygen atoms in total. The van der Waals surface area contributed by atoms with Gasteiger partial charge in [-0.05, 0) is 18.6 Å². The van der Waals surface area contributed by atoms with Gasteiger partial charge in [-0.2, -0.15) is 0 Å². The van der Waals surface area contributed by atoms with Gasteiger partial charge in [-0.1, -0.05) is 13.0 Å². The Kier molecular flexibility index (Phi) is 3.10. The minimum absolute atomic E-state index is 0.0318. The molecule has 0 aliphatic carbocycles. The van der Waals surface area contributed by atoms with Crippen LogP contribution in [-0.4, -0.2) is 14.5 Å². The maximum Gasteiger partial charge on any atom is 0.272 e. The van der Waals surface area contributed by atoms with Crippen LogP contribution in [-0.2, 0) is 13.0 Å². The van der Waals surface area contributed by atoms with Gasteiger partial charge in [0.25, 0.3) is 5.56 Å². The zero-order valence-electron chi connectivity index (χ0n) is 9.13. The summed E-state index contributed by atoms with van der Waals surface area (Å²) in [4.78, 5) is 20.1. The zero-order valence-corrected chi connectivity index (χ0v) is 9.13. The SMILES string of the molecule is CCc1nccn(Cc2ccccn2)c1=O. The highest BCUT2D eigenvalue weighted by molar-refractivity contribution is 5.06. The van der Waals surface area contributed by atoms with Crippen molar-refractivity contribution in [3.05, 3.63) is 58.5 Å². The molecule has 0 radical (unpaired) electrons. The Balaban J connectivity index is 2.32. The van der Waals surface area contributed by atoms with E-state index in [2.05, 4.69) is 9.97 Å². The molecule has 0 unspecified atom stereocenters. The summed E-state index contributed by atoms with van der Waals surface area (Å²) >= 11 is 0. The number of hydrogen-bond donors (Lipinski definition) is 0. The predicted octanol–water partition coefficient (Wildman–Crippen LogP) is 1.25. The highest BCUT2D eigenvalue weighted by Crippen LogP contribution is 1.96. The van der Waals surface area contributed by atoms with E-state index in [0.717, 1.165) is 5.69 Å². The van der Waals surface area contributed by atoms with Gasteiger partial charge in [-0.3, -0.25) is 14.8 Å². The average Bonchev–Trinajstić information content (AvgIpc) is 2.33. The van der Waals surface area contributed by atoms with Crippen LogP contribution in [0.4, 0.5) is 0 Å². The highest BCUT2D eigenvalue weighted by Gasteiger charge is 2.03. The molecule has 2 heterocycles. The van der Waals surface area contributed by atoms with E-state index < -0.39 is 0 Å². The lowest BCUT2D eigenvalue weighted by atomic mass is 10.3. The van der Waals surface area contributed by atoms with E-state index in [1.165, 1.54) is 0 Å². The largest absolute Gasteiger partial charge is 0.306 e. The van der Waals surface area contributed by atoms with Gasteiger partial charge >= 0.3 is 0 Å². The minimum Gasteiger partial charge on any atom is -0.306 e. The summed E-state index contributed by atoms with van der Waals surface area (Å²) in [6.45, 7) is 2.42. The maximum atomic E-state index is 11.9. The molecule has 0 aliphatic heterocycles. The highest BCUT2D eigenvalue weighted by atomic mass is 16.1. The molecule has 0 spiro atoms. The Hall–Kier alpha value is -1.97. The first-order valence-electron chi connectivity index (χ1n) is 5.25. The Morgan fingerprint density at radius 2 is 2.12 bits per heavy atom. The molecule has 0 aromatic carbocycles. The van der Waals surface area contributed by atoms with Crippen molar-refractivity contribution in [1.29, 1.82) is 0 Å². The molecule has 0 N–H and O–H groups in total. The van der Waals surface area contributed by atoms with Gasteiger partial charge in [-0.25, -0.2) is 0 Å². The second-order valence-electron chi connectivity index (χ2n) is 3.48. The second-order valence-corrected chi connectivity index (χ2v) is 3.48. The van der Waals surface area contributed by atoms with Gasteiger partial charge in [0.1, 0.15) is 5.69 Å². The van der Waals surface area contributed by atoms with Crippen LogP contribution in [0, 0.1) is 0 Å². The van der Waals surface area contributed by atoms with Crippen molar-refractivity contribution in [2.75, 3.05) is 0 Å². The lowest BCUT2D eigenvalue weighted by Crippen LogP contribution is -2.24. The molecule has 0 saturated carbocycles. The Labute approximate surface area is 93.6 Å². The molecule has 0 atom stereocenters. The average molecular weight is 215 g/mol. The third kappa shape index (κ3) is 2.16. The number of nitrogens with zero attached hydrogens (tertiary/aromatic N) is 3. The van der Waals surface area contributed by atoms with Crippen LogP contribution in [0.2, 0.25) is 0 Å². The van der Waals surface area contributed by atoms with Crippen LogP contribution in [0.25, 0.3) is 0 Å². The molecule has 82 valence electrons. The lowest BCUT2D eigenvalue weighted by Gasteiger charge is -2.05.